The summed E-state index contributed by atoms with van der Waals surface area (Å²) in [5.74, 6) is 0.205. The number of carbonyl (C=O) groups is 2. The summed E-state index contributed by atoms with van der Waals surface area (Å²) in [5.41, 5.74) is 1.18. The Morgan fingerprint density at radius 1 is 1.13 bits per heavy atom. The van der Waals surface area contributed by atoms with E-state index in [2.05, 4.69) is 24.3 Å². The summed E-state index contributed by atoms with van der Waals surface area (Å²) in [6, 6.07) is 10.2. The van der Waals surface area contributed by atoms with Gasteiger partial charge < -0.3 is 5.11 Å². The van der Waals surface area contributed by atoms with Crippen LogP contribution in [0.1, 0.15) is 56.9 Å². The highest BCUT2D eigenvalue weighted by Crippen LogP contribution is 2.34. The van der Waals surface area contributed by atoms with E-state index >= 15 is 0 Å². The van der Waals surface area contributed by atoms with Crippen LogP contribution in [0.5, 0.6) is 0 Å². The molecule has 0 spiro atoms. The number of Topliss-reactive ketones (excluding diaryl/α,β-unsaturated/α-hetero) is 1. The molecule has 124 valence electrons. The number of aliphatic carboxylic acids is 1. The van der Waals surface area contributed by atoms with E-state index in [1.54, 1.807) is 0 Å². The molecule has 0 saturated heterocycles. The average molecular weight is 314 g/mol. The molecule has 0 radical (unpaired) electrons. The van der Waals surface area contributed by atoms with Gasteiger partial charge in [0.1, 0.15) is 5.78 Å². The van der Waals surface area contributed by atoms with Gasteiger partial charge in [-0.15, -0.1) is 0 Å². The zero-order chi connectivity index (χ0) is 16.5. The van der Waals surface area contributed by atoms with Crippen molar-refractivity contribution in [3.63, 3.8) is 0 Å². The molecule has 1 aliphatic rings. The zero-order valence-electron chi connectivity index (χ0n) is 13.6. The van der Waals surface area contributed by atoms with Crippen molar-refractivity contribution in [2.45, 2.75) is 51.4 Å². The van der Waals surface area contributed by atoms with Crippen LogP contribution in [0, 0.1) is 11.8 Å². The Balaban J connectivity index is 1.76. The molecule has 0 bridgehead atoms. The topological polar surface area (TPSA) is 54.4 Å². The molecule has 0 heterocycles. The summed E-state index contributed by atoms with van der Waals surface area (Å²) in [6.07, 6.45) is 10.9. The lowest BCUT2D eigenvalue weighted by Gasteiger charge is -2.14. The third-order valence-corrected chi connectivity index (χ3v) is 4.65. The number of carbonyl (C=O) groups excluding carboxylic acids is 1. The molecule has 0 aromatic heterocycles. The van der Waals surface area contributed by atoms with Crippen LogP contribution < -0.4 is 0 Å². The number of unbranched alkanes of at least 4 members (excludes halogenated alkanes) is 3. The molecule has 1 aromatic carbocycles. The molecule has 2 atom stereocenters. The van der Waals surface area contributed by atoms with Gasteiger partial charge in [0.25, 0.3) is 0 Å². The second-order valence-electron chi connectivity index (χ2n) is 6.39. The van der Waals surface area contributed by atoms with E-state index in [1.165, 1.54) is 5.56 Å². The highest BCUT2D eigenvalue weighted by atomic mass is 16.4. The van der Waals surface area contributed by atoms with Crippen LogP contribution in [0.4, 0.5) is 0 Å². The number of hydrogen-bond acceptors (Lipinski definition) is 2. The highest BCUT2D eigenvalue weighted by molar-refractivity contribution is 5.83. The standard InChI is InChI=1S/C20H26O3/c21-19-15-14-17(13-12-16-8-4-3-5-9-16)18(19)10-6-1-2-7-11-20(22)23/h3-5,8-9,12-13,17-18H,1-2,6-7,10-11,14-15H2,(H,22,23). The lowest BCUT2D eigenvalue weighted by atomic mass is 9.89. The quantitative estimate of drug-likeness (QED) is 0.671. The Bertz CT molecular complexity index is 533. The molecule has 1 N–H and O–H groups in total. The van der Waals surface area contributed by atoms with Crippen LogP contribution in [0.15, 0.2) is 36.4 Å². The van der Waals surface area contributed by atoms with Gasteiger partial charge in [-0.3, -0.25) is 9.59 Å². The Hall–Kier alpha value is -1.90. The SMILES string of the molecule is O=C(O)CCCCCCC1C(=O)CCC1C=Cc1ccccc1. The van der Waals surface area contributed by atoms with Crippen molar-refractivity contribution in [2.75, 3.05) is 0 Å². The molecule has 3 nitrogen and oxygen atoms in total. The zero-order valence-corrected chi connectivity index (χ0v) is 13.6. The minimum atomic E-state index is -0.720. The van der Waals surface area contributed by atoms with E-state index in [0.717, 1.165) is 38.5 Å². The van der Waals surface area contributed by atoms with Crippen molar-refractivity contribution in [1.29, 1.82) is 0 Å². The number of carboxylic acid groups (broad SMARTS) is 1. The van der Waals surface area contributed by atoms with Crippen LogP contribution in [0.3, 0.4) is 0 Å². The lowest BCUT2D eigenvalue weighted by Crippen LogP contribution is -2.13. The van der Waals surface area contributed by atoms with Crippen molar-refractivity contribution in [3.05, 3.63) is 42.0 Å². The monoisotopic (exact) mass is 314 g/mol. The summed E-state index contributed by atoms with van der Waals surface area (Å²) in [5, 5.41) is 8.61. The summed E-state index contributed by atoms with van der Waals surface area (Å²) >= 11 is 0. The van der Waals surface area contributed by atoms with Gasteiger partial charge in [-0.05, 0) is 30.7 Å². The molecule has 3 heteroatoms. The smallest absolute Gasteiger partial charge is 0.303 e. The van der Waals surface area contributed by atoms with Gasteiger partial charge in [0.2, 0.25) is 0 Å². The number of rotatable bonds is 9. The molecule has 2 rings (SSSR count). The molecular formula is C20H26O3. The van der Waals surface area contributed by atoms with E-state index in [0.29, 0.717) is 18.1 Å². The van der Waals surface area contributed by atoms with E-state index in [9.17, 15) is 9.59 Å². The van der Waals surface area contributed by atoms with E-state index in [4.69, 9.17) is 5.11 Å². The van der Waals surface area contributed by atoms with Crippen molar-refractivity contribution < 1.29 is 14.7 Å². The summed E-state index contributed by atoms with van der Waals surface area (Å²) in [4.78, 5) is 22.6. The highest BCUT2D eigenvalue weighted by Gasteiger charge is 2.32. The van der Waals surface area contributed by atoms with E-state index in [-0.39, 0.29) is 12.3 Å². The van der Waals surface area contributed by atoms with Gasteiger partial charge in [0.05, 0.1) is 0 Å². The largest absolute Gasteiger partial charge is 0.481 e. The first-order valence-electron chi connectivity index (χ1n) is 8.64. The molecular weight excluding hydrogens is 288 g/mol. The van der Waals surface area contributed by atoms with Gasteiger partial charge in [-0.25, -0.2) is 0 Å². The fourth-order valence-electron chi connectivity index (χ4n) is 3.33. The van der Waals surface area contributed by atoms with E-state index in [1.807, 2.05) is 18.2 Å². The fraction of sp³-hybridized carbons (Fsp3) is 0.500. The Morgan fingerprint density at radius 2 is 1.87 bits per heavy atom. The van der Waals surface area contributed by atoms with Gasteiger partial charge in [0, 0.05) is 18.8 Å². The molecule has 0 aliphatic heterocycles. The normalized spacial score (nSPS) is 21.1. The maximum Gasteiger partial charge on any atom is 0.303 e. The fourth-order valence-corrected chi connectivity index (χ4v) is 3.33. The van der Waals surface area contributed by atoms with Crippen molar-refractivity contribution in [2.24, 2.45) is 11.8 Å². The lowest BCUT2D eigenvalue weighted by molar-refractivity contribution is -0.137. The number of carboxylic acids is 1. The van der Waals surface area contributed by atoms with Crippen LogP contribution in [0.25, 0.3) is 6.08 Å². The first kappa shape index (κ1) is 17.5. The van der Waals surface area contributed by atoms with Crippen LogP contribution >= 0.6 is 0 Å². The maximum atomic E-state index is 12.1. The number of allylic oxidation sites excluding steroid dienone is 1. The first-order valence-corrected chi connectivity index (χ1v) is 8.64. The second-order valence-corrected chi connectivity index (χ2v) is 6.39. The summed E-state index contributed by atoms with van der Waals surface area (Å²) in [7, 11) is 0. The summed E-state index contributed by atoms with van der Waals surface area (Å²) in [6.45, 7) is 0. The van der Waals surface area contributed by atoms with Gasteiger partial charge in [0.15, 0.2) is 0 Å². The average Bonchev–Trinajstić information content (AvgIpc) is 2.90. The van der Waals surface area contributed by atoms with Crippen molar-refractivity contribution in [1.82, 2.24) is 0 Å². The summed E-state index contributed by atoms with van der Waals surface area (Å²) < 4.78 is 0. The molecule has 0 amide bonds. The van der Waals surface area contributed by atoms with Crippen molar-refractivity contribution in [3.8, 4) is 0 Å². The van der Waals surface area contributed by atoms with Gasteiger partial charge in [-0.1, -0.05) is 61.7 Å². The molecule has 1 aliphatic carbocycles. The van der Waals surface area contributed by atoms with Gasteiger partial charge in [-0.2, -0.15) is 0 Å². The second kappa shape index (κ2) is 9.29. The Morgan fingerprint density at radius 3 is 2.61 bits per heavy atom. The minimum Gasteiger partial charge on any atom is -0.481 e. The van der Waals surface area contributed by atoms with Crippen LogP contribution in [-0.2, 0) is 9.59 Å². The number of benzene rings is 1. The maximum absolute atomic E-state index is 12.1. The predicted octanol–water partition coefficient (Wildman–Crippen LogP) is 4.72. The third-order valence-electron chi connectivity index (χ3n) is 4.65. The number of hydrogen-bond donors (Lipinski definition) is 1. The number of ketones is 1. The molecule has 1 saturated carbocycles. The van der Waals surface area contributed by atoms with Crippen LogP contribution in [-0.4, -0.2) is 16.9 Å². The molecule has 2 unspecified atom stereocenters. The molecule has 1 fully saturated rings. The third kappa shape index (κ3) is 6.01. The Kier molecular flexibility index (Phi) is 7.05. The predicted molar refractivity (Wildman–Crippen MR) is 92.0 cm³/mol. The van der Waals surface area contributed by atoms with Crippen LogP contribution in [0.2, 0.25) is 0 Å². The molecule has 1 aromatic rings. The Labute approximate surface area is 138 Å². The van der Waals surface area contributed by atoms with Crippen molar-refractivity contribution >= 4 is 17.8 Å². The molecule has 23 heavy (non-hydrogen) atoms. The van der Waals surface area contributed by atoms with E-state index < -0.39 is 5.97 Å². The van der Waals surface area contributed by atoms with Gasteiger partial charge >= 0.3 is 5.97 Å². The first-order chi connectivity index (χ1) is 11.2. The minimum absolute atomic E-state index is 0.162.